The average Bonchev–Trinajstić information content (AvgIpc) is 2.45. The summed E-state index contributed by atoms with van der Waals surface area (Å²) < 4.78 is 5.93. The van der Waals surface area contributed by atoms with Crippen LogP contribution in [0.15, 0.2) is 42.5 Å². The molecule has 0 atom stereocenters. The molecule has 0 aliphatic rings. The molecule has 0 aliphatic carbocycles. The highest BCUT2D eigenvalue weighted by Gasteiger charge is 2.16. The third kappa shape index (κ3) is 3.87. The maximum Gasteiger partial charge on any atom is 0.488 e. The van der Waals surface area contributed by atoms with Gasteiger partial charge in [-0.1, -0.05) is 50.2 Å². The van der Waals surface area contributed by atoms with Crippen molar-refractivity contribution in [2.75, 3.05) is 0 Å². The predicted octanol–water partition coefficient (Wildman–Crippen LogP) is 2.38. The third-order valence-electron chi connectivity index (χ3n) is 3.51. The van der Waals surface area contributed by atoms with E-state index in [1.165, 1.54) is 0 Å². The van der Waals surface area contributed by atoms with Gasteiger partial charge in [-0.05, 0) is 41.1 Å². The molecule has 4 heteroatoms. The van der Waals surface area contributed by atoms with Crippen LogP contribution in [-0.2, 0) is 6.61 Å². The van der Waals surface area contributed by atoms with E-state index in [-0.39, 0.29) is 0 Å². The molecule has 0 amide bonds. The Balaban J connectivity index is 2.23. The fourth-order valence-corrected chi connectivity index (χ4v) is 2.32. The van der Waals surface area contributed by atoms with Crippen molar-refractivity contribution in [3.8, 4) is 5.75 Å². The van der Waals surface area contributed by atoms with Crippen molar-refractivity contribution in [3.05, 3.63) is 59.2 Å². The fraction of sp³-hybridized carbons (Fsp3) is 0.294. The van der Waals surface area contributed by atoms with E-state index >= 15 is 0 Å². The van der Waals surface area contributed by atoms with Gasteiger partial charge in [0.2, 0.25) is 0 Å². The molecule has 2 aromatic carbocycles. The molecule has 2 N–H and O–H groups in total. The third-order valence-corrected chi connectivity index (χ3v) is 3.51. The Hall–Kier alpha value is -1.78. The molecule has 0 fully saturated rings. The molecule has 0 aromatic heterocycles. The van der Waals surface area contributed by atoms with Gasteiger partial charge < -0.3 is 14.8 Å². The normalized spacial score (nSPS) is 10.8. The number of hydrogen-bond donors (Lipinski definition) is 2. The highest BCUT2D eigenvalue weighted by Crippen LogP contribution is 2.28. The molecule has 0 heterocycles. The molecule has 2 rings (SSSR count). The zero-order valence-electron chi connectivity index (χ0n) is 12.7. The van der Waals surface area contributed by atoms with Crippen LogP contribution in [0.5, 0.6) is 5.75 Å². The Morgan fingerprint density at radius 3 is 2.48 bits per heavy atom. The van der Waals surface area contributed by atoms with E-state index in [4.69, 9.17) is 4.74 Å². The van der Waals surface area contributed by atoms with E-state index in [0.717, 1.165) is 22.4 Å². The predicted molar refractivity (Wildman–Crippen MR) is 85.9 cm³/mol. The first-order valence-corrected chi connectivity index (χ1v) is 7.16. The van der Waals surface area contributed by atoms with Crippen LogP contribution in [0.25, 0.3) is 0 Å². The van der Waals surface area contributed by atoms with Gasteiger partial charge in [-0.25, -0.2) is 0 Å². The largest absolute Gasteiger partial charge is 0.489 e. The molecule has 2 aromatic rings. The maximum atomic E-state index is 9.39. The topological polar surface area (TPSA) is 49.7 Å². The molecule has 110 valence electrons. The van der Waals surface area contributed by atoms with Gasteiger partial charge in [0, 0.05) is 0 Å². The van der Waals surface area contributed by atoms with Crippen LogP contribution < -0.4 is 10.2 Å². The van der Waals surface area contributed by atoms with Gasteiger partial charge in [-0.3, -0.25) is 0 Å². The second-order valence-electron chi connectivity index (χ2n) is 5.56. The lowest BCUT2D eigenvalue weighted by Crippen LogP contribution is -2.33. The number of rotatable bonds is 5. The summed E-state index contributed by atoms with van der Waals surface area (Å²) in [5.41, 5.74) is 3.56. The Bertz CT molecular complexity index is 609. The Morgan fingerprint density at radius 2 is 1.81 bits per heavy atom. The second-order valence-corrected chi connectivity index (χ2v) is 5.56. The summed E-state index contributed by atoms with van der Waals surface area (Å²) in [6.45, 7) is 6.60. The quantitative estimate of drug-likeness (QED) is 0.829. The lowest BCUT2D eigenvalue weighted by Gasteiger charge is -2.16. The van der Waals surface area contributed by atoms with E-state index in [0.29, 0.717) is 18.0 Å². The monoisotopic (exact) mass is 284 g/mol. The number of ether oxygens (including phenoxy) is 1. The molecule has 0 spiro atoms. The van der Waals surface area contributed by atoms with Gasteiger partial charge in [0.15, 0.2) is 0 Å². The van der Waals surface area contributed by atoms with E-state index in [1.54, 1.807) is 12.1 Å². The molecular weight excluding hydrogens is 263 g/mol. The summed E-state index contributed by atoms with van der Waals surface area (Å²) in [6.07, 6.45) is 0. The van der Waals surface area contributed by atoms with E-state index in [9.17, 15) is 10.0 Å². The van der Waals surface area contributed by atoms with Crippen LogP contribution in [-0.4, -0.2) is 17.2 Å². The van der Waals surface area contributed by atoms with Crippen LogP contribution in [0, 0.1) is 6.92 Å². The second kappa shape index (κ2) is 6.79. The van der Waals surface area contributed by atoms with Crippen molar-refractivity contribution >= 4 is 12.6 Å². The minimum atomic E-state index is -1.48. The molecule has 0 unspecified atom stereocenters. The first kappa shape index (κ1) is 15.6. The highest BCUT2D eigenvalue weighted by atomic mass is 16.5. The summed E-state index contributed by atoms with van der Waals surface area (Å²) in [5, 5.41) is 18.8. The standard InChI is InChI=1S/C17H21BO3/c1-12(2)15-9-8-13(3)10-17(15)21-11-14-6-4-5-7-16(14)18(19)20/h4-10,12,19-20H,11H2,1-3H3. The first-order chi connectivity index (χ1) is 9.99. The first-order valence-electron chi connectivity index (χ1n) is 7.16. The Morgan fingerprint density at radius 1 is 1.10 bits per heavy atom. The molecule has 0 aliphatic heterocycles. The van der Waals surface area contributed by atoms with Gasteiger partial charge in [0.05, 0.1) is 0 Å². The summed E-state index contributed by atoms with van der Waals surface area (Å²) in [5.74, 6) is 1.23. The highest BCUT2D eigenvalue weighted by molar-refractivity contribution is 6.59. The van der Waals surface area contributed by atoms with Crippen molar-refractivity contribution in [2.24, 2.45) is 0 Å². The average molecular weight is 284 g/mol. The smallest absolute Gasteiger partial charge is 0.488 e. The van der Waals surface area contributed by atoms with Gasteiger partial charge >= 0.3 is 7.12 Å². The van der Waals surface area contributed by atoms with Crippen molar-refractivity contribution in [2.45, 2.75) is 33.3 Å². The zero-order chi connectivity index (χ0) is 15.4. The van der Waals surface area contributed by atoms with Crippen LogP contribution >= 0.6 is 0 Å². The van der Waals surface area contributed by atoms with Crippen LogP contribution in [0.4, 0.5) is 0 Å². The lowest BCUT2D eigenvalue weighted by molar-refractivity contribution is 0.301. The summed E-state index contributed by atoms with van der Waals surface area (Å²) >= 11 is 0. The molecule has 21 heavy (non-hydrogen) atoms. The minimum absolute atomic E-state index is 0.316. The molecule has 0 saturated heterocycles. The van der Waals surface area contributed by atoms with Crippen LogP contribution in [0.2, 0.25) is 0 Å². The molecule has 0 bridgehead atoms. The summed E-state index contributed by atoms with van der Waals surface area (Å²) in [7, 11) is -1.48. The lowest BCUT2D eigenvalue weighted by atomic mass is 9.77. The van der Waals surface area contributed by atoms with Gasteiger partial charge in [0.1, 0.15) is 12.4 Å². The number of hydrogen-bond acceptors (Lipinski definition) is 3. The SMILES string of the molecule is Cc1ccc(C(C)C)c(OCc2ccccc2B(O)O)c1. The molecule has 0 radical (unpaired) electrons. The van der Waals surface area contributed by atoms with Crippen molar-refractivity contribution < 1.29 is 14.8 Å². The van der Waals surface area contributed by atoms with Crippen LogP contribution in [0.3, 0.4) is 0 Å². The molecular formula is C17H21BO3. The van der Waals surface area contributed by atoms with Gasteiger partial charge in [-0.2, -0.15) is 0 Å². The summed E-state index contributed by atoms with van der Waals surface area (Å²) in [6, 6.07) is 13.4. The summed E-state index contributed by atoms with van der Waals surface area (Å²) in [4.78, 5) is 0. The minimum Gasteiger partial charge on any atom is -0.489 e. The molecule has 3 nitrogen and oxygen atoms in total. The van der Waals surface area contributed by atoms with Crippen molar-refractivity contribution in [1.29, 1.82) is 0 Å². The Kier molecular flexibility index (Phi) is 5.05. The van der Waals surface area contributed by atoms with Crippen molar-refractivity contribution in [3.63, 3.8) is 0 Å². The van der Waals surface area contributed by atoms with E-state index in [1.807, 2.05) is 25.1 Å². The van der Waals surface area contributed by atoms with Gasteiger partial charge in [0.25, 0.3) is 0 Å². The Labute approximate surface area is 126 Å². The zero-order valence-corrected chi connectivity index (χ0v) is 12.7. The van der Waals surface area contributed by atoms with E-state index < -0.39 is 7.12 Å². The van der Waals surface area contributed by atoms with Gasteiger partial charge in [-0.15, -0.1) is 0 Å². The molecule has 0 saturated carbocycles. The number of aryl methyl sites for hydroxylation is 1. The van der Waals surface area contributed by atoms with Crippen LogP contribution in [0.1, 0.15) is 36.5 Å². The number of benzene rings is 2. The van der Waals surface area contributed by atoms with E-state index in [2.05, 4.69) is 26.0 Å². The maximum absolute atomic E-state index is 9.39. The van der Waals surface area contributed by atoms with Crippen molar-refractivity contribution in [1.82, 2.24) is 0 Å². The fourth-order valence-electron chi connectivity index (χ4n) is 2.32.